The van der Waals surface area contributed by atoms with Crippen LogP contribution in [-0.4, -0.2) is 34.4 Å². The standard InChI is InChI=1S/C21H19F3N2O4/c1-12(2)26-11-17(18(27)20(26)29)19(28)25-14-5-9-16(10-6-14)30-15-7-3-13(4-8-15)21(22,23)24/h3-10,12,27H,11H2,1-2H3,(H,25,28). The van der Waals surface area contributed by atoms with Crippen molar-refractivity contribution in [3.63, 3.8) is 0 Å². The number of halogens is 3. The molecule has 2 N–H and O–H groups in total. The summed E-state index contributed by atoms with van der Waals surface area (Å²) >= 11 is 0. The molecule has 2 aromatic rings. The maximum Gasteiger partial charge on any atom is 0.416 e. The highest BCUT2D eigenvalue weighted by Crippen LogP contribution is 2.31. The second-order valence-corrected chi connectivity index (χ2v) is 6.96. The number of nitrogens with zero attached hydrogens (tertiary/aromatic N) is 1. The first kappa shape index (κ1) is 21.2. The summed E-state index contributed by atoms with van der Waals surface area (Å²) in [6.45, 7) is 3.58. The predicted octanol–water partition coefficient (Wildman–Crippen LogP) is 4.50. The van der Waals surface area contributed by atoms with E-state index in [9.17, 15) is 27.9 Å². The van der Waals surface area contributed by atoms with Crippen LogP contribution in [0, 0.1) is 0 Å². The third kappa shape index (κ3) is 4.56. The minimum Gasteiger partial charge on any atom is -0.503 e. The van der Waals surface area contributed by atoms with Gasteiger partial charge >= 0.3 is 6.18 Å². The molecule has 0 aliphatic carbocycles. The Kier molecular flexibility index (Phi) is 5.73. The Morgan fingerprint density at radius 3 is 2.07 bits per heavy atom. The lowest BCUT2D eigenvalue weighted by molar-refractivity contribution is -0.137. The van der Waals surface area contributed by atoms with Crippen LogP contribution >= 0.6 is 0 Å². The van der Waals surface area contributed by atoms with Gasteiger partial charge in [0.25, 0.3) is 11.8 Å². The van der Waals surface area contributed by atoms with Crippen LogP contribution in [0.15, 0.2) is 59.9 Å². The number of aliphatic hydroxyl groups excluding tert-OH is 1. The molecule has 0 unspecified atom stereocenters. The van der Waals surface area contributed by atoms with E-state index in [1.54, 1.807) is 13.8 Å². The molecule has 9 heteroatoms. The van der Waals surface area contributed by atoms with Crippen LogP contribution in [0.4, 0.5) is 18.9 Å². The number of hydrogen-bond donors (Lipinski definition) is 2. The first-order valence-electron chi connectivity index (χ1n) is 9.06. The van der Waals surface area contributed by atoms with Crippen molar-refractivity contribution < 1.29 is 32.6 Å². The van der Waals surface area contributed by atoms with Gasteiger partial charge in [-0.3, -0.25) is 9.59 Å². The van der Waals surface area contributed by atoms with Crippen molar-refractivity contribution in [1.82, 2.24) is 4.90 Å². The molecule has 0 radical (unpaired) electrons. The zero-order valence-electron chi connectivity index (χ0n) is 16.2. The number of alkyl halides is 3. The van der Waals surface area contributed by atoms with Crippen LogP contribution in [0.25, 0.3) is 0 Å². The largest absolute Gasteiger partial charge is 0.503 e. The quantitative estimate of drug-likeness (QED) is 0.747. The van der Waals surface area contributed by atoms with Gasteiger partial charge in [0.2, 0.25) is 0 Å². The van der Waals surface area contributed by atoms with Crippen molar-refractivity contribution in [1.29, 1.82) is 0 Å². The van der Waals surface area contributed by atoms with E-state index >= 15 is 0 Å². The molecule has 0 saturated carbocycles. The number of hydrogen-bond acceptors (Lipinski definition) is 4. The van der Waals surface area contributed by atoms with Crippen LogP contribution in [0.1, 0.15) is 19.4 Å². The lowest BCUT2D eigenvalue weighted by Crippen LogP contribution is -2.34. The van der Waals surface area contributed by atoms with Gasteiger partial charge in [-0.05, 0) is 62.4 Å². The number of nitrogens with one attached hydrogen (secondary N) is 1. The van der Waals surface area contributed by atoms with Crippen LogP contribution < -0.4 is 10.1 Å². The first-order chi connectivity index (χ1) is 14.1. The van der Waals surface area contributed by atoms with E-state index in [4.69, 9.17) is 4.74 Å². The minimum absolute atomic E-state index is 0.0150. The summed E-state index contributed by atoms with van der Waals surface area (Å²) in [7, 11) is 0. The molecule has 3 rings (SSSR count). The zero-order valence-corrected chi connectivity index (χ0v) is 16.2. The van der Waals surface area contributed by atoms with Crippen LogP contribution in [-0.2, 0) is 15.8 Å². The number of anilines is 1. The summed E-state index contributed by atoms with van der Waals surface area (Å²) < 4.78 is 43.3. The predicted molar refractivity (Wildman–Crippen MR) is 103 cm³/mol. The van der Waals surface area contributed by atoms with E-state index in [0.717, 1.165) is 12.1 Å². The smallest absolute Gasteiger partial charge is 0.416 e. The van der Waals surface area contributed by atoms with Crippen LogP contribution in [0.3, 0.4) is 0 Å². The third-order valence-corrected chi connectivity index (χ3v) is 4.50. The van der Waals surface area contributed by atoms with Gasteiger partial charge in [-0.1, -0.05) is 0 Å². The van der Waals surface area contributed by atoms with Gasteiger partial charge < -0.3 is 20.1 Å². The zero-order chi connectivity index (χ0) is 22.1. The van der Waals surface area contributed by atoms with Crippen LogP contribution in [0.5, 0.6) is 11.5 Å². The number of aliphatic hydroxyl groups is 1. The highest BCUT2D eigenvalue weighted by atomic mass is 19.4. The van der Waals surface area contributed by atoms with Gasteiger partial charge in [0.1, 0.15) is 11.5 Å². The summed E-state index contributed by atoms with van der Waals surface area (Å²) in [4.78, 5) is 25.7. The molecule has 0 bridgehead atoms. The molecular weight excluding hydrogens is 401 g/mol. The topological polar surface area (TPSA) is 78.9 Å². The second-order valence-electron chi connectivity index (χ2n) is 6.96. The summed E-state index contributed by atoms with van der Waals surface area (Å²) in [5.41, 5.74) is -0.388. The maximum atomic E-state index is 12.6. The molecule has 6 nitrogen and oxygen atoms in total. The van der Waals surface area contributed by atoms with Crippen molar-refractivity contribution in [3.05, 3.63) is 65.4 Å². The summed E-state index contributed by atoms with van der Waals surface area (Å²) in [6.07, 6.45) is -4.42. The fourth-order valence-electron chi connectivity index (χ4n) is 2.84. The number of benzene rings is 2. The van der Waals surface area contributed by atoms with E-state index < -0.39 is 29.3 Å². The Bertz CT molecular complexity index is 981. The molecule has 30 heavy (non-hydrogen) atoms. The Morgan fingerprint density at radius 2 is 1.60 bits per heavy atom. The molecule has 0 atom stereocenters. The maximum absolute atomic E-state index is 12.6. The Morgan fingerprint density at radius 1 is 1.07 bits per heavy atom. The van der Waals surface area contributed by atoms with Gasteiger partial charge in [0.05, 0.1) is 17.7 Å². The Labute approximate surface area is 170 Å². The fourth-order valence-corrected chi connectivity index (χ4v) is 2.84. The van der Waals surface area contributed by atoms with E-state index in [-0.39, 0.29) is 23.9 Å². The number of amides is 2. The van der Waals surface area contributed by atoms with E-state index in [1.165, 1.54) is 41.3 Å². The third-order valence-electron chi connectivity index (χ3n) is 4.50. The molecule has 0 saturated heterocycles. The van der Waals surface area contributed by atoms with Crippen LogP contribution in [0.2, 0.25) is 0 Å². The SMILES string of the molecule is CC(C)N1CC(C(=O)Nc2ccc(Oc3ccc(C(F)(F)F)cc3)cc2)=C(O)C1=O. The molecule has 1 aliphatic rings. The van der Waals surface area contributed by atoms with Gasteiger partial charge in [0.15, 0.2) is 5.76 Å². The normalized spacial score (nSPS) is 14.5. The average Bonchev–Trinajstić information content (AvgIpc) is 2.98. The number of rotatable bonds is 5. The highest BCUT2D eigenvalue weighted by molar-refractivity contribution is 6.12. The molecule has 0 fully saturated rings. The molecule has 2 amide bonds. The van der Waals surface area contributed by atoms with Crippen molar-refractivity contribution >= 4 is 17.5 Å². The molecule has 1 aliphatic heterocycles. The number of carbonyl (C=O) groups excluding carboxylic acids is 2. The molecular formula is C21H19F3N2O4. The lowest BCUT2D eigenvalue weighted by atomic mass is 10.2. The molecule has 0 aromatic heterocycles. The summed E-state index contributed by atoms with van der Waals surface area (Å²) in [5.74, 6) is -1.16. The molecule has 0 spiro atoms. The number of ether oxygens (including phenoxy) is 1. The van der Waals surface area contributed by atoms with Gasteiger partial charge in [-0.2, -0.15) is 13.2 Å². The summed E-state index contributed by atoms with van der Waals surface area (Å²) in [5, 5.41) is 12.5. The van der Waals surface area contributed by atoms with E-state index in [1.807, 2.05) is 0 Å². The van der Waals surface area contributed by atoms with E-state index in [0.29, 0.717) is 11.4 Å². The van der Waals surface area contributed by atoms with Gasteiger partial charge in [0, 0.05) is 11.7 Å². The second kappa shape index (κ2) is 8.10. The number of carbonyl (C=O) groups is 2. The molecule has 2 aromatic carbocycles. The van der Waals surface area contributed by atoms with E-state index in [2.05, 4.69) is 5.32 Å². The Balaban J connectivity index is 1.64. The van der Waals surface area contributed by atoms with Gasteiger partial charge in [-0.15, -0.1) is 0 Å². The Hall–Kier alpha value is -3.49. The van der Waals surface area contributed by atoms with Crippen molar-refractivity contribution in [2.75, 3.05) is 11.9 Å². The van der Waals surface area contributed by atoms with Crippen molar-refractivity contribution in [2.24, 2.45) is 0 Å². The fraction of sp³-hybridized carbons (Fsp3) is 0.238. The average molecular weight is 420 g/mol. The van der Waals surface area contributed by atoms with Crippen molar-refractivity contribution in [2.45, 2.75) is 26.1 Å². The summed E-state index contributed by atoms with van der Waals surface area (Å²) in [6, 6.07) is 10.2. The van der Waals surface area contributed by atoms with Gasteiger partial charge in [-0.25, -0.2) is 0 Å². The monoisotopic (exact) mass is 420 g/mol. The lowest BCUT2D eigenvalue weighted by Gasteiger charge is -2.20. The van der Waals surface area contributed by atoms with Crippen molar-refractivity contribution in [3.8, 4) is 11.5 Å². The first-order valence-corrected chi connectivity index (χ1v) is 9.06. The minimum atomic E-state index is -4.42. The molecule has 158 valence electrons. The highest BCUT2D eigenvalue weighted by Gasteiger charge is 2.35. The molecule has 1 heterocycles.